The number of hydrogen-bond donors (Lipinski definition) is 3. The van der Waals surface area contributed by atoms with E-state index in [1.54, 1.807) is 6.92 Å². The molecule has 3 heterocycles. The number of rotatable bonds is 4. The number of nitrogens with zero attached hydrogens (tertiary/aromatic N) is 3. The SMILES string of the molecule is CC1(O)COCCC1Oc1nc(N[C@H]2CCNC[C@H]2F)ncc1C#N. The molecule has 2 fully saturated rings. The molecule has 8 nitrogen and oxygen atoms in total. The lowest BCUT2D eigenvalue weighted by Crippen LogP contribution is -2.51. The fraction of sp³-hybridized carbons (Fsp3) is 0.688. The molecular formula is C16H22FN5O3. The molecule has 0 amide bonds. The van der Waals surface area contributed by atoms with Crippen LogP contribution in [0.2, 0.25) is 0 Å². The van der Waals surface area contributed by atoms with E-state index >= 15 is 0 Å². The van der Waals surface area contributed by atoms with E-state index in [0.717, 1.165) is 0 Å². The minimum Gasteiger partial charge on any atom is -0.470 e. The van der Waals surface area contributed by atoms with Gasteiger partial charge in [-0.05, 0) is 19.9 Å². The predicted octanol–water partition coefficient (Wildman–Crippen LogP) is 0.379. The molecule has 0 radical (unpaired) electrons. The molecule has 25 heavy (non-hydrogen) atoms. The van der Waals surface area contributed by atoms with Crippen molar-refractivity contribution in [1.29, 1.82) is 5.26 Å². The second-order valence-corrected chi connectivity index (χ2v) is 6.59. The van der Waals surface area contributed by atoms with E-state index in [0.29, 0.717) is 26.0 Å². The van der Waals surface area contributed by atoms with Crippen molar-refractivity contribution >= 4 is 5.95 Å². The van der Waals surface area contributed by atoms with Crippen LogP contribution in [0.15, 0.2) is 6.20 Å². The van der Waals surface area contributed by atoms with E-state index in [1.165, 1.54) is 6.20 Å². The molecule has 3 rings (SSSR count). The first-order valence-electron chi connectivity index (χ1n) is 8.35. The number of aromatic nitrogens is 2. The highest BCUT2D eigenvalue weighted by Crippen LogP contribution is 2.26. The lowest BCUT2D eigenvalue weighted by molar-refractivity contribution is -0.139. The molecule has 1 aromatic heterocycles. The molecule has 0 aliphatic carbocycles. The Morgan fingerprint density at radius 2 is 2.40 bits per heavy atom. The summed E-state index contributed by atoms with van der Waals surface area (Å²) in [5.74, 6) is 0.284. The van der Waals surface area contributed by atoms with Crippen molar-refractivity contribution in [3.63, 3.8) is 0 Å². The summed E-state index contributed by atoms with van der Waals surface area (Å²) in [5, 5.41) is 25.6. The molecule has 136 valence electrons. The molecule has 1 aromatic rings. The van der Waals surface area contributed by atoms with Crippen LogP contribution < -0.4 is 15.4 Å². The lowest BCUT2D eigenvalue weighted by atomic mass is 9.95. The van der Waals surface area contributed by atoms with Crippen molar-refractivity contribution in [2.45, 2.75) is 43.7 Å². The molecule has 4 atom stereocenters. The molecule has 2 unspecified atom stereocenters. The topological polar surface area (TPSA) is 112 Å². The van der Waals surface area contributed by atoms with Gasteiger partial charge in [0.15, 0.2) is 0 Å². The number of alkyl halides is 1. The minimum atomic E-state index is -1.18. The molecule has 2 aliphatic rings. The maximum Gasteiger partial charge on any atom is 0.236 e. The Balaban J connectivity index is 1.77. The Bertz CT molecular complexity index is 651. The van der Waals surface area contributed by atoms with Gasteiger partial charge in [0.05, 0.1) is 25.5 Å². The summed E-state index contributed by atoms with van der Waals surface area (Å²) < 4.78 is 25.0. The predicted molar refractivity (Wildman–Crippen MR) is 87.0 cm³/mol. The first-order valence-corrected chi connectivity index (χ1v) is 8.35. The number of halogens is 1. The van der Waals surface area contributed by atoms with Crippen LogP contribution in [0.4, 0.5) is 10.3 Å². The van der Waals surface area contributed by atoms with Gasteiger partial charge in [0.25, 0.3) is 0 Å². The molecular weight excluding hydrogens is 329 g/mol. The first kappa shape index (κ1) is 17.8. The van der Waals surface area contributed by atoms with E-state index in [9.17, 15) is 14.8 Å². The quantitative estimate of drug-likeness (QED) is 0.714. The molecule has 0 aromatic carbocycles. The Morgan fingerprint density at radius 3 is 3.12 bits per heavy atom. The Labute approximate surface area is 145 Å². The third-order valence-corrected chi connectivity index (χ3v) is 4.46. The standard InChI is InChI=1S/C16H22FN5O3/c1-16(23)9-24-5-3-13(16)25-14-10(6-18)7-20-15(22-14)21-12-2-4-19-8-11(12)17/h7,11-13,19,23H,2-5,8-9H2,1H3,(H,20,21,22)/t11-,12+,13?,16?/m1/s1. The van der Waals surface area contributed by atoms with Crippen molar-refractivity contribution in [3.8, 4) is 11.9 Å². The zero-order chi connectivity index (χ0) is 17.9. The van der Waals surface area contributed by atoms with Gasteiger partial charge in [0.2, 0.25) is 11.8 Å². The zero-order valence-corrected chi connectivity index (χ0v) is 14.0. The van der Waals surface area contributed by atoms with Crippen molar-refractivity contribution in [3.05, 3.63) is 11.8 Å². The smallest absolute Gasteiger partial charge is 0.236 e. The number of nitriles is 1. The zero-order valence-electron chi connectivity index (χ0n) is 14.0. The maximum atomic E-state index is 13.9. The van der Waals surface area contributed by atoms with Crippen LogP contribution in [0.25, 0.3) is 0 Å². The average molecular weight is 351 g/mol. The van der Waals surface area contributed by atoms with Crippen LogP contribution in [0.5, 0.6) is 5.88 Å². The van der Waals surface area contributed by atoms with Gasteiger partial charge in [0, 0.05) is 13.0 Å². The summed E-state index contributed by atoms with van der Waals surface area (Å²) in [4.78, 5) is 8.29. The Kier molecular flexibility index (Phi) is 5.32. The van der Waals surface area contributed by atoms with Gasteiger partial charge in [-0.3, -0.25) is 0 Å². The monoisotopic (exact) mass is 351 g/mol. The summed E-state index contributed by atoms with van der Waals surface area (Å²) in [6.07, 6.45) is 0.825. The minimum absolute atomic E-state index is 0.0801. The molecule has 2 aliphatic heterocycles. The van der Waals surface area contributed by atoms with Gasteiger partial charge >= 0.3 is 0 Å². The molecule has 2 saturated heterocycles. The van der Waals surface area contributed by atoms with Crippen molar-refractivity contribution in [2.24, 2.45) is 0 Å². The van der Waals surface area contributed by atoms with E-state index < -0.39 is 23.9 Å². The largest absolute Gasteiger partial charge is 0.470 e. The van der Waals surface area contributed by atoms with Gasteiger partial charge in [-0.15, -0.1) is 0 Å². The molecule has 3 N–H and O–H groups in total. The second-order valence-electron chi connectivity index (χ2n) is 6.59. The number of hydrogen-bond acceptors (Lipinski definition) is 8. The van der Waals surface area contributed by atoms with Gasteiger partial charge in [-0.1, -0.05) is 0 Å². The molecule has 0 spiro atoms. The van der Waals surface area contributed by atoms with Gasteiger partial charge in [0.1, 0.15) is 29.5 Å². The number of aliphatic hydroxyl groups is 1. The van der Waals surface area contributed by atoms with Crippen LogP contribution in [0.3, 0.4) is 0 Å². The van der Waals surface area contributed by atoms with E-state index in [2.05, 4.69) is 20.6 Å². The molecule has 0 bridgehead atoms. The van der Waals surface area contributed by atoms with E-state index in [4.69, 9.17) is 9.47 Å². The van der Waals surface area contributed by atoms with Crippen LogP contribution in [-0.2, 0) is 4.74 Å². The summed E-state index contributed by atoms with van der Waals surface area (Å²) in [6, 6.07) is 1.58. The third-order valence-electron chi connectivity index (χ3n) is 4.46. The third kappa shape index (κ3) is 4.15. The second kappa shape index (κ2) is 7.47. The van der Waals surface area contributed by atoms with Crippen LogP contribution in [0.1, 0.15) is 25.3 Å². The van der Waals surface area contributed by atoms with E-state index in [1.807, 2.05) is 6.07 Å². The highest BCUT2D eigenvalue weighted by atomic mass is 19.1. The summed E-state index contributed by atoms with van der Waals surface area (Å²) in [5.41, 5.74) is -1.02. The summed E-state index contributed by atoms with van der Waals surface area (Å²) in [6.45, 7) is 3.21. The maximum absolute atomic E-state index is 13.9. The van der Waals surface area contributed by atoms with Crippen molar-refractivity contribution in [1.82, 2.24) is 15.3 Å². The summed E-state index contributed by atoms with van der Waals surface area (Å²) in [7, 11) is 0. The number of piperidine rings is 1. The van der Waals surface area contributed by atoms with Crippen molar-refractivity contribution in [2.75, 3.05) is 31.6 Å². The fourth-order valence-corrected chi connectivity index (χ4v) is 2.94. The van der Waals surface area contributed by atoms with Gasteiger partial charge < -0.3 is 25.2 Å². The first-order chi connectivity index (χ1) is 12.0. The highest BCUT2D eigenvalue weighted by Gasteiger charge is 2.38. The van der Waals surface area contributed by atoms with Crippen molar-refractivity contribution < 1.29 is 19.0 Å². The Morgan fingerprint density at radius 1 is 1.56 bits per heavy atom. The number of nitrogens with one attached hydrogen (secondary N) is 2. The average Bonchev–Trinajstić information content (AvgIpc) is 2.59. The fourth-order valence-electron chi connectivity index (χ4n) is 2.94. The number of anilines is 1. The molecule has 9 heteroatoms. The van der Waals surface area contributed by atoms with Crippen LogP contribution in [0, 0.1) is 11.3 Å². The van der Waals surface area contributed by atoms with Gasteiger partial charge in [-0.2, -0.15) is 10.2 Å². The van der Waals surface area contributed by atoms with Crippen LogP contribution in [-0.4, -0.2) is 65.3 Å². The number of ether oxygens (including phenoxy) is 2. The Hall–Kier alpha value is -2.02. The van der Waals surface area contributed by atoms with Gasteiger partial charge in [-0.25, -0.2) is 9.37 Å². The highest BCUT2D eigenvalue weighted by molar-refractivity contribution is 5.41. The summed E-state index contributed by atoms with van der Waals surface area (Å²) >= 11 is 0. The molecule has 0 saturated carbocycles. The van der Waals surface area contributed by atoms with Crippen LogP contribution >= 0.6 is 0 Å². The normalized spacial score (nSPS) is 32.6. The van der Waals surface area contributed by atoms with E-state index in [-0.39, 0.29) is 30.5 Å². The lowest BCUT2D eigenvalue weighted by Gasteiger charge is -2.36.